The van der Waals surface area contributed by atoms with Crippen molar-refractivity contribution in [3.8, 4) is 5.75 Å². The number of ether oxygens (including phenoxy) is 2. The number of methoxy groups -OCH3 is 2. The summed E-state index contributed by atoms with van der Waals surface area (Å²) >= 11 is 0. The van der Waals surface area contributed by atoms with Crippen molar-refractivity contribution in [1.29, 1.82) is 0 Å². The first-order valence-corrected chi connectivity index (χ1v) is 8.46. The van der Waals surface area contributed by atoms with Gasteiger partial charge < -0.3 is 24.7 Å². The van der Waals surface area contributed by atoms with E-state index in [1.165, 1.54) is 12.0 Å². The molecule has 0 radical (unpaired) electrons. The lowest BCUT2D eigenvalue weighted by Crippen LogP contribution is -3.11. The van der Waals surface area contributed by atoms with Crippen LogP contribution in [0.25, 0.3) is 10.9 Å². The highest BCUT2D eigenvalue weighted by atomic mass is 16.5. The first kappa shape index (κ1) is 18.8. The molecule has 1 amide bonds. The Morgan fingerprint density at radius 3 is 2.52 bits per heavy atom. The van der Waals surface area contributed by atoms with Crippen LogP contribution >= 0.6 is 0 Å². The fourth-order valence-electron chi connectivity index (χ4n) is 2.86. The smallest absolute Gasteiger partial charge is 0.356 e. The van der Waals surface area contributed by atoms with Crippen LogP contribution in [0.2, 0.25) is 0 Å². The fourth-order valence-corrected chi connectivity index (χ4v) is 2.86. The van der Waals surface area contributed by atoms with E-state index >= 15 is 0 Å². The van der Waals surface area contributed by atoms with E-state index in [2.05, 4.69) is 24.1 Å². The molecule has 0 unspecified atom stereocenters. The van der Waals surface area contributed by atoms with Crippen molar-refractivity contribution in [2.75, 3.05) is 39.2 Å². The molecular weight excluding hydrogens is 322 g/mol. The predicted octanol–water partition coefficient (Wildman–Crippen LogP) is 1.22. The summed E-state index contributed by atoms with van der Waals surface area (Å²) in [5, 5.41) is 3.52. The van der Waals surface area contributed by atoms with Gasteiger partial charge in [0, 0.05) is 0 Å². The Morgan fingerprint density at radius 2 is 1.92 bits per heavy atom. The molecule has 7 heteroatoms. The molecule has 0 aliphatic rings. The predicted molar refractivity (Wildman–Crippen MR) is 96.3 cm³/mol. The maximum Gasteiger partial charge on any atom is 0.356 e. The molecule has 1 aromatic heterocycles. The lowest BCUT2D eigenvalue weighted by atomic mass is 10.2. The molecule has 0 aliphatic carbocycles. The first-order valence-electron chi connectivity index (χ1n) is 8.46. The van der Waals surface area contributed by atoms with Crippen LogP contribution in [-0.2, 0) is 9.53 Å². The number of H-pyrrole nitrogens is 1. The molecule has 0 aliphatic heterocycles. The van der Waals surface area contributed by atoms with Gasteiger partial charge in [0.15, 0.2) is 0 Å². The van der Waals surface area contributed by atoms with Gasteiger partial charge in [-0.15, -0.1) is 0 Å². The molecular formula is C18H26N3O4+. The number of fused-ring (bicyclic) bond motifs is 1. The quantitative estimate of drug-likeness (QED) is 0.626. The average molecular weight is 348 g/mol. The number of hydrogen-bond donors (Lipinski definition) is 3. The highest BCUT2D eigenvalue weighted by Crippen LogP contribution is 2.35. The maximum atomic E-state index is 12.4. The van der Waals surface area contributed by atoms with Crippen LogP contribution in [0.15, 0.2) is 18.2 Å². The highest BCUT2D eigenvalue weighted by molar-refractivity contribution is 6.12. The van der Waals surface area contributed by atoms with Crippen molar-refractivity contribution in [2.24, 2.45) is 0 Å². The molecule has 25 heavy (non-hydrogen) atoms. The zero-order chi connectivity index (χ0) is 18.4. The molecule has 1 heterocycles. The van der Waals surface area contributed by atoms with Gasteiger partial charge in [0.2, 0.25) is 5.91 Å². The van der Waals surface area contributed by atoms with Gasteiger partial charge in [-0.3, -0.25) is 4.79 Å². The lowest BCUT2D eigenvalue weighted by Gasteiger charge is -2.15. The van der Waals surface area contributed by atoms with Crippen LogP contribution in [0.4, 0.5) is 5.69 Å². The first-order chi connectivity index (χ1) is 12.0. The zero-order valence-corrected chi connectivity index (χ0v) is 15.2. The van der Waals surface area contributed by atoms with Gasteiger partial charge >= 0.3 is 5.97 Å². The number of esters is 1. The number of rotatable bonds is 8. The van der Waals surface area contributed by atoms with E-state index in [4.69, 9.17) is 9.47 Å². The van der Waals surface area contributed by atoms with E-state index in [-0.39, 0.29) is 11.6 Å². The molecule has 2 aromatic rings. The average Bonchev–Trinajstić information content (AvgIpc) is 3.00. The third-order valence-electron chi connectivity index (χ3n) is 4.37. The number of carbonyl (C=O) groups is 2. The van der Waals surface area contributed by atoms with Crippen molar-refractivity contribution in [3.05, 3.63) is 23.9 Å². The molecule has 0 saturated heterocycles. The molecule has 0 atom stereocenters. The number of aromatic nitrogens is 1. The van der Waals surface area contributed by atoms with Crippen molar-refractivity contribution >= 4 is 28.5 Å². The Balaban J connectivity index is 2.34. The lowest BCUT2D eigenvalue weighted by molar-refractivity contribution is -0.895. The monoisotopic (exact) mass is 348 g/mol. The number of carbonyl (C=O) groups excluding carboxylic acids is 2. The van der Waals surface area contributed by atoms with Gasteiger partial charge in [-0.2, -0.15) is 0 Å². The van der Waals surface area contributed by atoms with Gasteiger partial charge in [0.25, 0.3) is 0 Å². The molecule has 0 saturated carbocycles. The number of hydrogen-bond acceptors (Lipinski definition) is 4. The Morgan fingerprint density at radius 1 is 1.20 bits per heavy atom. The number of quaternary nitrogens is 1. The van der Waals surface area contributed by atoms with E-state index in [9.17, 15) is 9.59 Å². The third kappa shape index (κ3) is 4.11. The number of anilines is 1. The molecule has 136 valence electrons. The summed E-state index contributed by atoms with van der Waals surface area (Å²) in [6.07, 6.45) is 0.374. The van der Waals surface area contributed by atoms with E-state index in [0.717, 1.165) is 19.6 Å². The van der Waals surface area contributed by atoms with Gasteiger partial charge in [-0.1, -0.05) is 6.07 Å². The van der Waals surface area contributed by atoms with Crippen LogP contribution in [0, 0.1) is 0 Å². The summed E-state index contributed by atoms with van der Waals surface area (Å²) in [6, 6.07) is 5.42. The largest absolute Gasteiger partial charge is 0.496 e. The van der Waals surface area contributed by atoms with Crippen molar-refractivity contribution in [3.63, 3.8) is 0 Å². The zero-order valence-electron chi connectivity index (χ0n) is 15.2. The van der Waals surface area contributed by atoms with Gasteiger partial charge in [0.05, 0.1) is 56.9 Å². The number of aromatic amines is 1. The minimum absolute atomic E-state index is 0.142. The molecule has 3 N–H and O–H groups in total. The number of nitrogens with one attached hydrogen (secondary N) is 3. The standard InChI is InChI=1S/C18H25N3O4/c1-5-21(6-2)11-10-14(22)20-16-15-12(8-7-9-13(15)24-3)19-17(16)18(23)25-4/h7-9,19H,5-6,10-11H2,1-4H3,(H,20,22)/p+1. The third-order valence-corrected chi connectivity index (χ3v) is 4.37. The summed E-state index contributed by atoms with van der Waals surface area (Å²) in [6.45, 7) is 6.87. The molecule has 0 bridgehead atoms. The van der Waals surface area contributed by atoms with Crippen LogP contribution < -0.4 is 15.0 Å². The van der Waals surface area contributed by atoms with E-state index in [1.807, 2.05) is 12.1 Å². The van der Waals surface area contributed by atoms with Crippen LogP contribution in [-0.4, -0.2) is 50.7 Å². The van der Waals surface area contributed by atoms with E-state index in [0.29, 0.717) is 28.8 Å². The topological polar surface area (TPSA) is 84.9 Å². The van der Waals surface area contributed by atoms with Crippen LogP contribution in [0.3, 0.4) is 0 Å². The molecule has 1 aromatic carbocycles. The molecule has 2 rings (SSSR count). The molecule has 0 spiro atoms. The second kappa shape index (κ2) is 8.53. The normalized spacial score (nSPS) is 10.9. The van der Waals surface area contributed by atoms with Gasteiger partial charge in [0.1, 0.15) is 11.4 Å². The van der Waals surface area contributed by atoms with Crippen molar-refractivity contribution < 1.29 is 24.0 Å². The Labute approximate surface area is 147 Å². The maximum absolute atomic E-state index is 12.4. The SMILES string of the molecule is CC[NH+](CC)CCC(=O)Nc1c(C(=O)OC)[nH]c2cccc(OC)c12. The Kier molecular flexibility index (Phi) is 6.41. The summed E-state index contributed by atoms with van der Waals surface area (Å²) in [5.41, 5.74) is 1.31. The second-order valence-electron chi connectivity index (χ2n) is 5.75. The van der Waals surface area contributed by atoms with Gasteiger partial charge in [-0.05, 0) is 26.0 Å². The summed E-state index contributed by atoms with van der Waals surface area (Å²) in [4.78, 5) is 28.9. The molecule has 7 nitrogen and oxygen atoms in total. The number of benzene rings is 1. The Bertz CT molecular complexity index is 750. The minimum atomic E-state index is -0.539. The van der Waals surface area contributed by atoms with Crippen molar-refractivity contribution in [2.45, 2.75) is 20.3 Å². The molecule has 0 fully saturated rings. The fraction of sp³-hybridized carbons (Fsp3) is 0.444. The van der Waals surface area contributed by atoms with E-state index < -0.39 is 5.97 Å². The van der Waals surface area contributed by atoms with Gasteiger partial charge in [-0.25, -0.2) is 4.79 Å². The summed E-state index contributed by atoms with van der Waals surface area (Å²) < 4.78 is 10.2. The van der Waals surface area contributed by atoms with Crippen LogP contribution in [0.5, 0.6) is 5.75 Å². The number of amides is 1. The summed E-state index contributed by atoms with van der Waals surface area (Å²) in [5.74, 6) is -0.104. The van der Waals surface area contributed by atoms with E-state index in [1.54, 1.807) is 13.2 Å². The highest BCUT2D eigenvalue weighted by Gasteiger charge is 2.23. The summed E-state index contributed by atoms with van der Waals surface area (Å²) in [7, 11) is 2.86. The minimum Gasteiger partial charge on any atom is -0.496 e. The van der Waals surface area contributed by atoms with Crippen LogP contribution in [0.1, 0.15) is 30.8 Å². The second-order valence-corrected chi connectivity index (χ2v) is 5.75. The Hall–Kier alpha value is -2.54. The van der Waals surface area contributed by atoms with Crippen molar-refractivity contribution in [1.82, 2.24) is 4.98 Å².